The topological polar surface area (TPSA) is 13.1 Å². The van der Waals surface area contributed by atoms with E-state index in [1.807, 2.05) is 0 Å². The van der Waals surface area contributed by atoms with Crippen molar-refractivity contribution in [1.29, 1.82) is 0 Å². The van der Waals surface area contributed by atoms with E-state index in [-0.39, 0.29) is 0 Å². The van der Waals surface area contributed by atoms with Crippen LogP contribution in [0.5, 0.6) is 0 Å². The second-order valence-electron chi connectivity index (χ2n) is 6.23. The van der Waals surface area contributed by atoms with Gasteiger partial charge in [0.1, 0.15) is 0 Å². The van der Waals surface area contributed by atoms with Gasteiger partial charge in [-0.05, 0) is 24.8 Å². The van der Waals surface area contributed by atoms with Crippen molar-refractivity contribution < 1.29 is 9.30 Å². The predicted octanol–water partition coefficient (Wildman–Crippen LogP) is 5.21. The summed E-state index contributed by atoms with van der Waals surface area (Å²) in [4.78, 5) is 0. The molecule has 0 aliphatic carbocycles. The summed E-state index contributed by atoms with van der Waals surface area (Å²) >= 11 is 0. The minimum absolute atomic E-state index is 0.688. The van der Waals surface area contributed by atoms with Crippen LogP contribution < -0.4 is 4.57 Å². The Hall–Kier alpha value is -0.890. The van der Waals surface area contributed by atoms with Gasteiger partial charge in [-0.25, -0.2) is 0 Å². The molecule has 1 aromatic heterocycles. The number of hydrogen-bond acceptors (Lipinski definition) is 1. The van der Waals surface area contributed by atoms with Crippen LogP contribution in [0, 0.1) is 0 Å². The first kappa shape index (κ1) is 19.2. The molecule has 0 atom stereocenters. The van der Waals surface area contributed by atoms with Crippen molar-refractivity contribution in [1.82, 2.24) is 0 Å². The molecule has 0 saturated heterocycles. The van der Waals surface area contributed by atoms with Crippen LogP contribution >= 0.6 is 0 Å². The summed E-state index contributed by atoms with van der Waals surface area (Å²) in [5, 5.41) is 0. The van der Waals surface area contributed by atoms with Crippen LogP contribution in [0.2, 0.25) is 0 Å². The molecule has 0 fully saturated rings. The monoisotopic (exact) mass is 306 g/mol. The fourth-order valence-corrected chi connectivity index (χ4v) is 2.87. The number of rotatable bonds is 13. The molecule has 0 radical (unpaired) electrons. The highest BCUT2D eigenvalue weighted by atomic mass is 16.5. The minimum Gasteiger partial charge on any atom is -0.323 e. The molecule has 0 saturated carbocycles. The van der Waals surface area contributed by atoms with Gasteiger partial charge in [-0.1, -0.05) is 65.7 Å². The van der Waals surface area contributed by atoms with Crippen LogP contribution in [0.15, 0.2) is 18.5 Å². The maximum absolute atomic E-state index is 5.80. The summed E-state index contributed by atoms with van der Waals surface area (Å²) in [7, 11) is 0. The van der Waals surface area contributed by atoms with Gasteiger partial charge in [-0.3, -0.25) is 0 Å². The van der Waals surface area contributed by atoms with Crippen LogP contribution in [-0.4, -0.2) is 6.61 Å². The number of pyridine rings is 1. The molecule has 0 aliphatic heterocycles. The molecule has 0 bridgehead atoms. The van der Waals surface area contributed by atoms with Crippen molar-refractivity contribution in [3.8, 4) is 0 Å². The first-order valence-electron chi connectivity index (χ1n) is 9.40. The number of nitrogens with zero attached hydrogens (tertiary/aromatic N) is 1. The van der Waals surface area contributed by atoms with Gasteiger partial charge >= 0.3 is 0 Å². The molecule has 0 aliphatic rings. The molecule has 0 amide bonds. The average Bonchev–Trinajstić information content (AvgIpc) is 2.56. The number of aryl methyl sites for hydroxylation is 2. The highest BCUT2D eigenvalue weighted by Crippen LogP contribution is 2.09. The maximum Gasteiger partial charge on any atom is 0.252 e. The summed E-state index contributed by atoms with van der Waals surface area (Å²) in [6.45, 7) is 8.29. The van der Waals surface area contributed by atoms with E-state index in [1.165, 1.54) is 62.5 Å². The average molecular weight is 307 g/mol. The van der Waals surface area contributed by atoms with E-state index < -0.39 is 0 Å². The molecule has 0 aromatic carbocycles. The number of aromatic nitrogens is 1. The molecule has 1 heterocycles. The summed E-state index contributed by atoms with van der Waals surface area (Å²) < 4.78 is 7.97. The molecule has 0 N–H and O–H groups in total. The van der Waals surface area contributed by atoms with Crippen LogP contribution in [0.3, 0.4) is 0 Å². The lowest BCUT2D eigenvalue weighted by molar-refractivity contribution is -0.733. The Morgan fingerprint density at radius 3 is 2.09 bits per heavy atom. The zero-order chi connectivity index (χ0) is 16.0. The normalized spacial score (nSPS) is 11.0. The zero-order valence-corrected chi connectivity index (χ0v) is 15.1. The largest absolute Gasteiger partial charge is 0.323 e. The summed E-state index contributed by atoms with van der Waals surface area (Å²) in [5.74, 6) is 0. The SMILES string of the molecule is CCCCCCCCCCOC[n+]1ccc(CC)c(CC)c1. The van der Waals surface area contributed by atoms with Crippen LogP contribution in [0.1, 0.15) is 83.3 Å². The fourth-order valence-electron chi connectivity index (χ4n) is 2.87. The Kier molecular flexibility index (Phi) is 11.0. The second kappa shape index (κ2) is 12.6. The van der Waals surface area contributed by atoms with Gasteiger partial charge in [0.25, 0.3) is 6.73 Å². The predicted molar refractivity (Wildman–Crippen MR) is 94.0 cm³/mol. The van der Waals surface area contributed by atoms with Gasteiger partial charge in [0.15, 0.2) is 12.4 Å². The Balaban J connectivity index is 2.07. The third-order valence-corrected chi connectivity index (χ3v) is 4.35. The van der Waals surface area contributed by atoms with E-state index in [4.69, 9.17) is 4.74 Å². The Bertz CT molecular complexity index is 389. The summed E-state index contributed by atoms with van der Waals surface area (Å²) in [6, 6.07) is 2.23. The number of ether oxygens (including phenoxy) is 1. The first-order chi connectivity index (χ1) is 10.8. The molecular formula is C20H36NO+. The lowest BCUT2D eigenvalue weighted by atomic mass is 10.1. The van der Waals surface area contributed by atoms with Gasteiger partial charge < -0.3 is 4.74 Å². The van der Waals surface area contributed by atoms with Crippen molar-refractivity contribution in [2.24, 2.45) is 0 Å². The lowest BCUT2D eigenvalue weighted by Gasteiger charge is -2.05. The molecule has 22 heavy (non-hydrogen) atoms. The van der Waals surface area contributed by atoms with E-state index in [0.717, 1.165) is 19.4 Å². The summed E-state index contributed by atoms with van der Waals surface area (Å²) in [6.07, 6.45) is 17.4. The smallest absolute Gasteiger partial charge is 0.252 e. The van der Waals surface area contributed by atoms with E-state index >= 15 is 0 Å². The van der Waals surface area contributed by atoms with Crippen molar-refractivity contribution in [2.45, 2.75) is 91.7 Å². The van der Waals surface area contributed by atoms with Crippen LogP contribution in [0.25, 0.3) is 0 Å². The van der Waals surface area contributed by atoms with Crippen LogP contribution in [0.4, 0.5) is 0 Å². The van der Waals surface area contributed by atoms with Crippen molar-refractivity contribution in [3.63, 3.8) is 0 Å². The van der Waals surface area contributed by atoms with E-state index in [0.29, 0.717) is 6.73 Å². The van der Waals surface area contributed by atoms with E-state index in [2.05, 4.69) is 43.8 Å². The molecule has 1 aromatic rings. The van der Waals surface area contributed by atoms with E-state index in [9.17, 15) is 0 Å². The van der Waals surface area contributed by atoms with Gasteiger partial charge in [0.2, 0.25) is 0 Å². The van der Waals surface area contributed by atoms with Gasteiger partial charge in [0, 0.05) is 11.6 Å². The summed E-state index contributed by atoms with van der Waals surface area (Å²) in [5.41, 5.74) is 2.91. The van der Waals surface area contributed by atoms with Crippen molar-refractivity contribution >= 4 is 0 Å². The third kappa shape index (κ3) is 7.93. The first-order valence-corrected chi connectivity index (χ1v) is 9.40. The fraction of sp³-hybridized carbons (Fsp3) is 0.750. The highest BCUT2D eigenvalue weighted by Gasteiger charge is 2.06. The standard InChI is InChI=1S/C20H36NO/c1-4-7-8-9-10-11-12-13-16-22-18-21-15-14-19(5-2)20(6-3)17-21/h14-15,17H,4-13,16,18H2,1-3H3/q+1. The zero-order valence-electron chi connectivity index (χ0n) is 15.1. The molecule has 0 spiro atoms. The second-order valence-corrected chi connectivity index (χ2v) is 6.23. The Morgan fingerprint density at radius 1 is 0.818 bits per heavy atom. The molecule has 2 nitrogen and oxygen atoms in total. The van der Waals surface area contributed by atoms with Gasteiger partial charge in [-0.15, -0.1) is 0 Å². The van der Waals surface area contributed by atoms with Gasteiger partial charge in [0.05, 0.1) is 6.61 Å². The molecule has 126 valence electrons. The minimum atomic E-state index is 0.688. The molecule has 0 unspecified atom stereocenters. The Labute approximate surface area is 137 Å². The van der Waals surface area contributed by atoms with Crippen LogP contribution in [-0.2, 0) is 24.3 Å². The third-order valence-electron chi connectivity index (χ3n) is 4.35. The Morgan fingerprint density at radius 2 is 1.45 bits per heavy atom. The number of hydrogen-bond donors (Lipinski definition) is 0. The quantitative estimate of drug-likeness (QED) is 0.360. The molecule has 1 rings (SSSR count). The molecular weight excluding hydrogens is 270 g/mol. The number of unbranched alkanes of at least 4 members (excludes halogenated alkanes) is 7. The maximum atomic E-state index is 5.80. The van der Waals surface area contributed by atoms with Gasteiger partial charge in [-0.2, -0.15) is 4.57 Å². The lowest BCUT2D eigenvalue weighted by Crippen LogP contribution is -2.35. The molecule has 2 heteroatoms. The highest BCUT2D eigenvalue weighted by molar-refractivity contribution is 5.20. The van der Waals surface area contributed by atoms with Crippen molar-refractivity contribution in [2.75, 3.05) is 6.61 Å². The van der Waals surface area contributed by atoms with Crippen molar-refractivity contribution in [3.05, 3.63) is 29.6 Å². The van der Waals surface area contributed by atoms with E-state index in [1.54, 1.807) is 0 Å².